The molecule has 0 aromatic carbocycles. The van der Waals surface area contributed by atoms with Crippen molar-refractivity contribution in [3.63, 3.8) is 0 Å². The van der Waals surface area contributed by atoms with Crippen LogP contribution in [0.2, 0.25) is 5.15 Å². The third kappa shape index (κ3) is 2.51. The fourth-order valence-corrected chi connectivity index (χ4v) is 2.32. The summed E-state index contributed by atoms with van der Waals surface area (Å²) in [5.74, 6) is 0. The second-order valence-corrected chi connectivity index (χ2v) is 5.24. The van der Waals surface area contributed by atoms with Gasteiger partial charge in [-0.3, -0.25) is 0 Å². The van der Waals surface area contributed by atoms with Crippen LogP contribution in [0.15, 0.2) is 29.9 Å². The summed E-state index contributed by atoms with van der Waals surface area (Å²) in [5.41, 5.74) is 0.735. The summed E-state index contributed by atoms with van der Waals surface area (Å²) in [7, 11) is 0. The SMILES string of the molecule is CC(C)(Nc1ccnc(Cl)c1)c1nccs1. The van der Waals surface area contributed by atoms with Crippen LogP contribution in [0.1, 0.15) is 18.9 Å². The van der Waals surface area contributed by atoms with E-state index in [4.69, 9.17) is 11.6 Å². The molecule has 3 nitrogen and oxygen atoms in total. The van der Waals surface area contributed by atoms with E-state index in [1.807, 2.05) is 17.6 Å². The number of pyridine rings is 1. The van der Waals surface area contributed by atoms with Crippen molar-refractivity contribution in [3.05, 3.63) is 40.1 Å². The number of rotatable bonds is 3. The zero-order chi connectivity index (χ0) is 11.6. The number of nitrogens with one attached hydrogen (secondary N) is 1. The summed E-state index contributed by atoms with van der Waals surface area (Å²) in [5, 5.41) is 6.88. The van der Waals surface area contributed by atoms with Gasteiger partial charge in [0.1, 0.15) is 10.2 Å². The predicted molar refractivity (Wildman–Crippen MR) is 68.0 cm³/mol. The molecule has 0 saturated carbocycles. The Bertz CT molecular complexity index is 468. The van der Waals surface area contributed by atoms with E-state index in [-0.39, 0.29) is 5.54 Å². The summed E-state index contributed by atoms with van der Waals surface area (Å²) in [6, 6.07) is 3.69. The first-order valence-corrected chi connectivity index (χ1v) is 6.13. The lowest BCUT2D eigenvalue weighted by molar-refractivity contribution is 0.604. The molecule has 0 aliphatic rings. The molecule has 0 amide bonds. The van der Waals surface area contributed by atoms with Gasteiger partial charge in [0.05, 0.1) is 5.54 Å². The summed E-state index contributed by atoms with van der Waals surface area (Å²) < 4.78 is 0. The Balaban J connectivity index is 2.21. The van der Waals surface area contributed by atoms with Crippen molar-refractivity contribution >= 4 is 28.6 Å². The Hall–Kier alpha value is -1.13. The Morgan fingerprint density at radius 2 is 2.12 bits per heavy atom. The Morgan fingerprint density at radius 1 is 1.31 bits per heavy atom. The number of anilines is 1. The minimum absolute atomic E-state index is 0.209. The summed E-state index contributed by atoms with van der Waals surface area (Å²) in [6.45, 7) is 4.17. The van der Waals surface area contributed by atoms with Crippen LogP contribution in [-0.2, 0) is 5.54 Å². The van der Waals surface area contributed by atoms with Gasteiger partial charge in [-0.15, -0.1) is 11.3 Å². The highest BCUT2D eigenvalue weighted by atomic mass is 35.5. The van der Waals surface area contributed by atoms with Crippen LogP contribution < -0.4 is 5.32 Å². The minimum Gasteiger partial charge on any atom is -0.374 e. The van der Waals surface area contributed by atoms with Crippen LogP contribution in [0.5, 0.6) is 0 Å². The second kappa shape index (κ2) is 4.39. The molecule has 0 unspecified atom stereocenters. The van der Waals surface area contributed by atoms with Gasteiger partial charge in [0, 0.05) is 23.5 Å². The molecule has 0 spiro atoms. The molecule has 2 heterocycles. The number of nitrogens with zero attached hydrogens (tertiary/aromatic N) is 2. The van der Waals surface area contributed by atoms with Crippen molar-refractivity contribution in [1.29, 1.82) is 0 Å². The van der Waals surface area contributed by atoms with Gasteiger partial charge in [0.2, 0.25) is 0 Å². The monoisotopic (exact) mass is 253 g/mol. The van der Waals surface area contributed by atoms with Crippen molar-refractivity contribution in [2.45, 2.75) is 19.4 Å². The maximum absolute atomic E-state index is 5.83. The molecule has 0 radical (unpaired) electrons. The average Bonchev–Trinajstić information content (AvgIpc) is 2.69. The lowest BCUT2D eigenvalue weighted by Crippen LogP contribution is -2.27. The van der Waals surface area contributed by atoms with Crippen LogP contribution in [-0.4, -0.2) is 9.97 Å². The first-order valence-electron chi connectivity index (χ1n) is 4.88. The van der Waals surface area contributed by atoms with Crippen LogP contribution in [0.25, 0.3) is 0 Å². The Kier molecular flexibility index (Phi) is 3.12. The van der Waals surface area contributed by atoms with Crippen molar-refractivity contribution in [2.75, 3.05) is 5.32 Å². The maximum Gasteiger partial charge on any atom is 0.131 e. The van der Waals surface area contributed by atoms with Crippen LogP contribution in [0, 0.1) is 0 Å². The quantitative estimate of drug-likeness (QED) is 0.851. The van der Waals surface area contributed by atoms with Crippen LogP contribution >= 0.6 is 22.9 Å². The van der Waals surface area contributed by atoms with E-state index in [2.05, 4.69) is 29.1 Å². The van der Waals surface area contributed by atoms with E-state index in [1.54, 1.807) is 23.6 Å². The highest BCUT2D eigenvalue weighted by Crippen LogP contribution is 2.27. The molecule has 5 heteroatoms. The van der Waals surface area contributed by atoms with Crippen LogP contribution in [0.3, 0.4) is 0 Å². The topological polar surface area (TPSA) is 37.8 Å². The van der Waals surface area contributed by atoms with E-state index >= 15 is 0 Å². The molecule has 1 N–H and O–H groups in total. The average molecular weight is 254 g/mol. The fraction of sp³-hybridized carbons (Fsp3) is 0.273. The van der Waals surface area contributed by atoms with Crippen LogP contribution in [0.4, 0.5) is 5.69 Å². The molecule has 0 fully saturated rings. The molecular weight excluding hydrogens is 242 g/mol. The zero-order valence-electron chi connectivity index (χ0n) is 9.07. The number of hydrogen-bond donors (Lipinski definition) is 1. The van der Waals surface area contributed by atoms with E-state index in [0.29, 0.717) is 5.15 Å². The first kappa shape index (κ1) is 11.4. The molecule has 0 saturated heterocycles. The highest BCUT2D eigenvalue weighted by molar-refractivity contribution is 7.09. The molecule has 0 bridgehead atoms. The lowest BCUT2D eigenvalue weighted by atomic mass is 10.1. The van der Waals surface area contributed by atoms with Gasteiger partial charge in [0.25, 0.3) is 0 Å². The van der Waals surface area contributed by atoms with Gasteiger partial charge in [-0.05, 0) is 26.0 Å². The Morgan fingerprint density at radius 3 is 2.75 bits per heavy atom. The van der Waals surface area contributed by atoms with Gasteiger partial charge in [-0.1, -0.05) is 11.6 Å². The number of thiazole rings is 1. The van der Waals surface area contributed by atoms with Crippen molar-refractivity contribution in [2.24, 2.45) is 0 Å². The van der Waals surface area contributed by atoms with E-state index in [9.17, 15) is 0 Å². The van der Waals surface area contributed by atoms with Crippen molar-refractivity contribution in [3.8, 4) is 0 Å². The van der Waals surface area contributed by atoms with Gasteiger partial charge in [-0.2, -0.15) is 0 Å². The smallest absolute Gasteiger partial charge is 0.131 e. The Labute approximate surface area is 104 Å². The highest BCUT2D eigenvalue weighted by Gasteiger charge is 2.22. The van der Waals surface area contributed by atoms with Gasteiger partial charge >= 0.3 is 0 Å². The van der Waals surface area contributed by atoms with E-state index in [0.717, 1.165) is 10.7 Å². The molecule has 2 aromatic rings. The maximum atomic E-state index is 5.83. The molecule has 0 atom stereocenters. The lowest BCUT2D eigenvalue weighted by Gasteiger charge is -2.25. The summed E-state index contributed by atoms with van der Waals surface area (Å²) in [6.07, 6.45) is 3.49. The molecule has 2 aromatic heterocycles. The van der Waals surface area contributed by atoms with Gasteiger partial charge < -0.3 is 5.32 Å². The molecular formula is C11H12ClN3S. The standard InChI is InChI=1S/C11H12ClN3S/c1-11(2,10-14-5-6-16-10)15-8-3-4-13-9(12)7-8/h3-7H,1-2H3,(H,13,15). The predicted octanol–water partition coefficient (Wildman–Crippen LogP) is 3.54. The van der Waals surface area contributed by atoms with E-state index < -0.39 is 0 Å². The summed E-state index contributed by atoms with van der Waals surface area (Å²) in [4.78, 5) is 8.26. The molecule has 2 rings (SSSR count). The summed E-state index contributed by atoms with van der Waals surface area (Å²) >= 11 is 7.47. The normalized spacial score (nSPS) is 11.4. The first-order chi connectivity index (χ1) is 7.58. The zero-order valence-corrected chi connectivity index (χ0v) is 10.6. The number of hydrogen-bond acceptors (Lipinski definition) is 4. The molecule has 0 aliphatic carbocycles. The van der Waals surface area contributed by atoms with Crippen molar-refractivity contribution < 1.29 is 0 Å². The number of halogens is 1. The second-order valence-electron chi connectivity index (χ2n) is 3.95. The molecule has 0 aliphatic heterocycles. The third-order valence-electron chi connectivity index (χ3n) is 2.15. The van der Waals surface area contributed by atoms with E-state index in [1.165, 1.54) is 0 Å². The molecule has 84 valence electrons. The third-order valence-corrected chi connectivity index (χ3v) is 3.45. The number of aromatic nitrogens is 2. The fourth-order valence-electron chi connectivity index (χ4n) is 1.43. The van der Waals surface area contributed by atoms with Crippen molar-refractivity contribution in [1.82, 2.24) is 9.97 Å². The van der Waals surface area contributed by atoms with Gasteiger partial charge in [-0.25, -0.2) is 9.97 Å². The van der Waals surface area contributed by atoms with Gasteiger partial charge in [0.15, 0.2) is 0 Å². The largest absolute Gasteiger partial charge is 0.374 e. The minimum atomic E-state index is -0.209. The molecule has 16 heavy (non-hydrogen) atoms.